The number of amides is 1. The molecule has 0 aromatic heterocycles. The molecule has 1 rings (SSSR count). The lowest BCUT2D eigenvalue weighted by Crippen LogP contribution is -2.44. The third-order valence-electron chi connectivity index (χ3n) is 3.16. The van der Waals surface area contributed by atoms with Crippen LogP contribution in [0.5, 0.6) is 0 Å². The maximum Gasteiger partial charge on any atom is 0.303 e. The predicted octanol–water partition coefficient (Wildman–Crippen LogP) is 1.27. The van der Waals surface area contributed by atoms with E-state index in [4.69, 9.17) is 9.84 Å². The van der Waals surface area contributed by atoms with E-state index in [1.807, 2.05) is 4.90 Å². The standard InChI is InChI=1S/C12H21NO4/c1-17-9-7-11(14)13-8-3-2-4-10(13)5-6-12(15)16/h10H,2-9H2,1H3,(H,15,16). The average Bonchev–Trinajstić information content (AvgIpc) is 2.33. The van der Waals surface area contributed by atoms with E-state index in [2.05, 4.69) is 0 Å². The summed E-state index contributed by atoms with van der Waals surface area (Å²) in [5.41, 5.74) is 0. The van der Waals surface area contributed by atoms with Crippen LogP contribution in [0, 0.1) is 0 Å². The van der Waals surface area contributed by atoms with Gasteiger partial charge >= 0.3 is 5.97 Å². The van der Waals surface area contributed by atoms with Crippen LogP contribution in [0.15, 0.2) is 0 Å². The molecule has 0 radical (unpaired) electrons. The predicted molar refractivity (Wildman–Crippen MR) is 62.7 cm³/mol. The molecule has 0 spiro atoms. The molecular weight excluding hydrogens is 222 g/mol. The van der Waals surface area contributed by atoms with Gasteiger partial charge in [0, 0.05) is 26.1 Å². The van der Waals surface area contributed by atoms with Crippen LogP contribution in [-0.2, 0) is 14.3 Å². The number of carbonyl (C=O) groups excluding carboxylic acids is 1. The number of hydrogen-bond acceptors (Lipinski definition) is 3. The minimum atomic E-state index is -0.792. The summed E-state index contributed by atoms with van der Waals surface area (Å²) in [5.74, 6) is -0.707. The summed E-state index contributed by atoms with van der Waals surface area (Å²) < 4.78 is 4.90. The summed E-state index contributed by atoms with van der Waals surface area (Å²) in [6, 6.07) is 0.101. The molecular formula is C12H21NO4. The molecule has 1 heterocycles. The van der Waals surface area contributed by atoms with Crippen molar-refractivity contribution in [1.29, 1.82) is 0 Å². The molecule has 5 heteroatoms. The summed E-state index contributed by atoms with van der Waals surface area (Å²) in [5, 5.41) is 8.69. The van der Waals surface area contributed by atoms with E-state index in [1.54, 1.807) is 7.11 Å². The van der Waals surface area contributed by atoms with Gasteiger partial charge in [-0.15, -0.1) is 0 Å². The first-order valence-electron chi connectivity index (χ1n) is 6.15. The highest BCUT2D eigenvalue weighted by molar-refractivity contribution is 5.76. The molecule has 17 heavy (non-hydrogen) atoms. The molecule has 0 aromatic rings. The van der Waals surface area contributed by atoms with Crippen LogP contribution in [0.2, 0.25) is 0 Å². The van der Waals surface area contributed by atoms with Gasteiger partial charge in [0.2, 0.25) is 5.91 Å². The van der Waals surface area contributed by atoms with Gasteiger partial charge in [0.25, 0.3) is 0 Å². The number of piperidine rings is 1. The number of likely N-dealkylation sites (tertiary alicyclic amines) is 1. The molecule has 1 saturated heterocycles. The molecule has 0 bridgehead atoms. The fourth-order valence-electron chi connectivity index (χ4n) is 2.25. The summed E-state index contributed by atoms with van der Waals surface area (Å²) in [7, 11) is 1.57. The zero-order valence-electron chi connectivity index (χ0n) is 10.4. The van der Waals surface area contributed by atoms with Crippen molar-refractivity contribution in [2.24, 2.45) is 0 Å². The fraction of sp³-hybridized carbons (Fsp3) is 0.833. The lowest BCUT2D eigenvalue weighted by atomic mass is 9.97. The molecule has 0 aromatic carbocycles. The highest BCUT2D eigenvalue weighted by Crippen LogP contribution is 2.21. The van der Waals surface area contributed by atoms with Gasteiger partial charge in [-0.1, -0.05) is 0 Å². The monoisotopic (exact) mass is 243 g/mol. The molecule has 1 N–H and O–H groups in total. The maximum atomic E-state index is 11.9. The van der Waals surface area contributed by atoms with Gasteiger partial charge in [0.1, 0.15) is 0 Å². The van der Waals surface area contributed by atoms with Gasteiger partial charge in [-0.2, -0.15) is 0 Å². The smallest absolute Gasteiger partial charge is 0.303 e. The van der Waals surface area contributed by atoms with E-state index < -0.39 is 5.97 Å². The third kappa shape index (κ3) is 4.73. The molecule has 1 atom stereocenters. The van der Waals surface area contributed by atoms with Crippen LogP contribution in [-0.4, -0.2) is 48.2 Å². The van der Waals surface area contributed by atoms with Crippen LogP contribution in [0.3, 0.4) is 0 Å². The minimum Gasteiger partial charge on any atom is -0.481 e. The first-order chi connectivity index (χ1) is 8.15. The van der Waals surface area contributed by atoms with Crippen LogP contribution in [0.25, 0.3) is 0 Å². The summed E-state index contributed by atoms with van der Waals surface area (Å²) in [6.45, 7) is 1.19. The molecule has 1 amide bonds. The van der Waals surface area contributed by atoms with E-state index in [0.29, 0.717) is 19.4 Å². The van der Waals surface area contributed by atoms with E-state index in [1.165, 1.54) is 0 Å². The van der Waals surface area contributed by atoms with Crippen molar-refractivity contribution in [2.75, 3.05) is 20.3 Å². The number of methoxy groups -OCH3 is 1. The van der Waals surface area contributed by atoms with Crippen molar-refractivity contribution in [2.45, 2.75) is 44.6 Å². The van der Waals surface area contributed by atoms with Crippen LogP contribution in [0.4, 0.5) is 0 Å². The largest absolute Gasteiger partial charge is 0.481 e. The van der Waals surface area contributed by atoms with Crippen LogP contribution in [0.1, 0.15) is 38.5 Å². The molecule has 98 valence electrons. The van der Waals surface area contributed by atoms with Gasteiger partial charge in [-0.3, -0.25) is 9.59 Å². The topological polar surface area (TPSA) is 66.8 Å². The van der Waals surface area contributed by atoms with Gasteiger partial charge in [0.05, 0.1) is 13.0 Å². The van der Waals surface area contributed by atoms with Gasteiger partial charge < -0.3 is 14.7 Å². The quantitative estimate of drug-likeness (QED) is 0.763. The zero-order valence-corrected chi connectivity index (χ0v) is 10.4. The van der Waals surface area contributed by atoms with E-state index >= 15 is 0 Å². The van der Waals surface area contributed by atoms with Crippen molar-refractivity contribution in [3.05, 3.63) is 0 Å². The Morgan fingerprint density at radius 2 is 2.12 bits per heavy atom. The summed E-state index contributed by atoms with van der Waals surface area (Å²) >= 11 is 0. The van der Waals surface area contributed by atoms with Crippen molar-refractivity contribution in [3.63, 3.8) is 0 Å². The van der Waals surface area contributed by atoms with Crippen molar-refractivity contribution < 1.29 is 19.4 Å². The first-order valence-corrected chi connectivity index (χ1v) is 6.15. The van der Waals surface area contributed by atoms with Gasteiger partial charge in [-0.05, 0) is 25.7 Å². The van der Waals surface area contributed by atoms with Gasteiger partial charge in [-0.25, -0.2) is 0 Å². The highest BCUT2D eigenvalue weighted by Gasteiger charge is 2.26. The Hall–Kier alpha value is -1.10. The number of nitrogens with zero attached hydrogens (tertiary/aromatic N) is 1. The molecule has 0 aliphatic carbocycles. The number of carboxylic acids is 1. The molecule has 1 aliphatic heterocycles. The summed E-state index contributed by atoms with van der Waals surface area (Å²) in [6.07, 6.45) is 4.11. The second kappa shape index (κ2) is 7.27. The number of carbonyl (C=O) groups is 2. The fourth-order valence-corrected chi connectivity index (χ4v) is 2.25. The number of rotatable bonds is 6. The Morgan fingerprint density at radius 3 is 2.76 bits per heavy atom. The Balaban J connectivity index is 2.46. The van der Waals surface area contributed by atoms with E-state index in [-0.39, 0.29) is 18.4 Å². The highest BCUT2D eigenvalue weighted by atomic mass is 16.5. The normalized spacial score (nSPS) is 20.3. The molecule has 5 nitrogen and oxygen atoms in total. The Morgan fingerprint density at radius 1 is 1.35 bits per heavy atom. The van der Waals surface area contributed by atoms with Gasteiger partial charge in [0.15, 0.2) is 0 Å². The lowest BCUT2D eigenvalue weighted by molar-refractivity contribution is -0.140. The Kier molecular flexibility index (Phi) is 5.97. The number of ether oxygens (including phenoxy) is 1. The Bertz CT molecular complexity index is 267. The van der Waals surface area contributed by atoms with E-state index in [0.717, 1.165) is 25.8 Å². The van der Waals surface area contributed by atoms with E-state index in [9.17, 15) is 9.59 Å². The van der Waals surface area contributed by atoms with Crippen molar-refractivity contribution in [1.82, 2.24) is 4.90 Å². The average molecular weight is 243 g/mol. The first kappa shape index (κ1) is 14.0. The Labute approximate surface area is 102 Å². The molecule has 1 aliphatic rings. The second-order valence-electron chi connectivity index (χ2n) is 4.41. The maximum absolute atomic E-state index is 11.9. The number of hydrogen-bond donors (Lipinski definition) is 1. The lowest BCUT2D eigenvalue weighted by Gasteiger charge is -2.35. The van der Waals surface area contributed by atoms with Crippen LogP contribution < -0.4 is 0 Å². The summed E-state index contributed by atoms with van der Waals surface area (Å²) in [4.78, 5) is 24.3. The number of aliphatic carboxylic acids is 1. The minimum absolute atomic E-state index is 0.0851. The second-order valence-corrected chi connectivity index (χ2v) is 4.41. The molecule has 1 fully saturated rings. The SMILES string of the molecule is COCCC(=O)N1CCCCC1CCC(=O)O. The molecule has 0 saturated carbocycles. The van der Waals surface area contributed by atoms with Crippen molar-refractivity contribution in [3.8, 4) is 0 Å². The number of carboxylic acid groups (broad SMARTS) is 1. The molecule has 1 unspecified atom stereocenters. The van der Waals surface area contributed by atoms with Crippen molar-refractivity contribution >= 4 is 11.9 Å². The van der Waals surface area contributed by atoms with Crippen LogP contribution >= 0.6 is 0 Å². The third-order valence-corrected chi connectivity index (χ3v) is 3.16. The zero-order chi connectivity index (χ0) is 12.7.